The van der Waals surface area contributed by atoms with Crippen LogP contribution in [-0.4, -0.2) is 14.2 Å². The highest BCUT2D eigenvalue weighted by Crippen LogP contribution is 2.14. The molecule has 0 atom stereocenters. The zero-order valence-corrected chi connectivity index (χ0v) is 10.5. The molecule has 0 aliphatic rings. The van der Waals surface area contributed by atoms with Gasteiger partial charge in [-0.3, -0.25) is 0 Å². The van der Waals surface area contributed by atoms with Crippen LogP contribution in [0.2, 0.25) is 0 Å². The molecule has 1 aromatic rings. The molecule has 0 heterocycles. The summed E-state index contributed by atoms with van der Waals surface area (Å²) in [7, 11) is -3.11. The van der Waals surface area contributed by atoms with Crippen molar-refractivity contribution in [1.29, 1.82) is 0 Å². The lowest BCUT2D eigenvalue weighted by Crippen LogP contribution is -2.06. The highest BCUT2D eigenvalue weighted by molar-refractivity contribution is 7.91. The van der Waals surface area contributed by atoms with E-state index < -0.39 is 9.84 Å². The highest BCUT2D eigenvalue weighted by atomic mass is 32.2. The van der Waals surface area contributed by atoms with Crippen molar-refractivity contribution in [3.63, 3.8) is 0 Å². The number of aryl methyl sites for hydroxylation is 1. The first-order valence-electron chi connectivity index (χ1n) is 5.52. The molecule has 1 aromatic carbocycles. The van der Waals surface area contributed by atoms with Crippen molar-refractivity contribution in [2.75, 3.05) is 5.75 Å². The molecule has 0 aromatic heterocycles. The Labute approximate surface area is 97.9 Å². The van der Waals surface area contributed by atoms with E-state index in [9.17, 15) is 8.42 Å². The Kier molecular flexibility index (Phi) is 4.74. The largest absolute Gasteiger partial charge is 0.224 e. The number of hydrogen-bond acceptors (Lipinski definition) is 2. The Balaban J connectivity index is 2.77. The van der Waals surface area contributed by atoms with E-state index in [-0.39, 0.29) is 5.75 Å². The first-order valence-corrected chi connectivity index (χ1v) is 7.18. The van der Waals surface area contributed by atoms with Crippen molar-refractivity contribution in [3.8, 4) is 0 Å². The molecule has 16 heavy (non-hydrogen) atoms. The Morgan fingerprint density at radius 1 is 1.25 bits per heavy atom. The van der Waals surface area contributed by atoms with Gasteiger partial charge in [0.2, 0.25) is 0 Å². The molecule has 0 amide bonds. The molecule has 88 valence electrons. The molecular formula is C13H18O2S. The summed E-state index contributed by atoms with van der Waals surface area (Å²) in [5.74, 6) is 0.199. The van der Waals surface area contributed by atoms with Gasteiger partial charge in [0.05, 0.1) is 10.6 Å². The van der Waals surface area contributed by atoms with E-state index in [1.807, 2.05) is 19.1 Å². The molecule has 2 nitrogen and oxygen atoms in total. The summed E-state index contributed by atoms with van der Waals surface area (Å²) in [4.78, 5) is 0.425. The Bertz CT molecular complexity index is 430. The van der Waals surface area contributed by atoms with Crippen LogP contribution in [0.5, 0.6) is 0 Å². The van der Waals surface area contributed by atoms with Gasteiger partial charge in [0.1, 0.15) is 0 Å². The Morgan fingerprint density at radius 3 is 2.38 bits per heavy atom. The number of sulfone groups is 1. The van der Waals surface area contributed by atoms with Gasteiger partial charge in [-0.25, -0.2) is 8.42 Å². The smallest absolute Gasteiger partial charge is 0.178 e. The van der Waals surface area contributed by atoms with Crippen LogP contribution < -0.4 is 0 Å². The maximum absolute atomic E-state index is 11.9. The molecule has 0 saturated carbocycles. The van der Waals surface area contributed by atoms with Crippen LogP contribution in [-0.2, 0) is 16.3 Å². The van der Waals surface area contributed by atoms with Gasteiger partial charge >= 0.3 is 0 Å². The van der Waals surface area contributed by atoms with E-state index in [4.69, 9.17) is 0 Å². The van der Waals surface area contributed by atoms with Crippen LogP contribution in [0, 0.1) is 0 Å². The first-order chi connectivity index (χ1) is 7.60. The molecule has 3 heteroatoms. The quantitative estimate of drug-likeness (QED) is 0.564. The second-order valence-electron chi connectivity index (χ2n) is 3.75. The van der Waals surface area contributed by atoms with Gasteiger partial charge in [0.25, 0.3) is 0 Å². The Hall–Kier alpha value is -1.09. The molecule has 0 saturated heterocycles. The predicted molar refractivity (Wildman–Crippen MR) is 67.3 cm³/mol. The van der Waals surface area contributed by atoms with E-state index >= 15 is 0 Å². The van der Waals surface area contributed by atoms with E-state index in [1.165, 1.54) is 0 Å². The molecule has 0 aliphatic carbocycles. The van der Waals surface area contributed by atoms with Gasteiger partial charge in [-0.15, -0.1) is 6.58 Å². The third-order valence-electron chi connectivity index (χ3n) is 2.51. The average Bonchev–Trinajstić information content (AvgIpc) is 2.29. The molecule has 0 spiro atoms. The van der Waals surface area contributed by atoms with Gasteiger partial charge in [-0.2, -0.15) is 0 Å². The third kappa shape index (κ3) is 3.49. The molecule has 0 aliphatic heterocycles. The third-order valence-corrected chi connectivity index (χ3v) is 4.33. The first kappa shape index (κ1) is 13.0. The standard InChI is InChI=1S/C13H18O2S/c1-3-5-6-11-16(14,15)13-9-7-12(4-2)8-10-13/h3,7-10H,1,4-6,11H2,2H3. The number of benzene rings is 1. The van der Waals surface area contributed by atoms with Gasteiger partial charge in [-0.05, 0) is 37.0 Å². The van der Waals surface area contributed by atoms with Crippen LogP contribution in [0.3, 0.4) is 0 Å². The molecule has 1 rings (SSSR count). The zero-order chi connectivity index (χ0) is 12.0. The fourth-order valence-electron chi connectivity index (χ4n) is 1.47. The van der Waals surface area contributed by atoms with Gasteiger partial charge < -0.3 is 0 Å². The summed E-state index contributed by atoms with van der Waals surface area (Å²) >= 11 is 0. The second kappa shape index (κ2) is 5.85. The maximum atomic E-state index is 11.9. The molecule has 0 bridgehead atoms. The molecule has 0 fully saturated rings. The van der Waals surface area contributed by atoms with Crippen molar-refractivity contribution >= 4 is 9.84 Å². The lowest BCUT2D eigenvalue weighted by Gasteiger charge is -2.04. The van der Waals surface area contributed by atoms with Crippen LogP contribution in [0.1, 0.15) is 25.3 Å². The zero-order valence-electron chi connectivity index (χ0n) is 9.65. The normalized spacial score (nSPS) is 11.3. The Morgan fingerprint density at radius 2 is 1.88 bits per heavy atom. The van der Waals surface area contributed by atoms with Crippen LogP contribution >= 0.6 is 0 Å². The highest BCUT2D eigenvalue weighted by Gasteiger charge is 2.12. The fourth-order valence-corrected chi connectivity index (χ4v) is 2.80. The summed E-state index contributed by atoms with van der Waals surface area (Å²) in [5.41, 5.74) is 1.16. The fraction of sp³-hybridized carbons (Fsp3) is 0.385. The summed E-state index contributed by atoms with van der Waals surface area (Å²) in [6.07, 6.45) is 4.06. The number of allylic oxidation sites excluding steroid dienone is 1. The van der Waals surface area contributed by atoms with Crippen molar-refractivity contribution in [1.82, 2.24) is 0 Å². The number of unbranched alkanes of at least 4 members (excludes halogenated alkanes) is 1. The minimum Gasteiger partial charge on any atom is -0.224 e. The van der Waals surface area contributed by atoms with Crippen LogP contribution in [0.25, 0.3) is 0 Å². The molecular weight excluding hydrogens is 220 g/mol. The number of hydrogen-bond donors (Lipinski definition) is 0. The second-order valence-corrected chi connectivity index (χ2v) is 5.86. The van der Waals surface area contributed by atoms with E-state index in [0.29, 0.717) is 11.3 Å². The molecule has 0 unspecified atom stereocenters. The van der Waals surface area contributed by atoms with Crippen molar-refractivity contribution in [2.24, 2.45) is 0 Å². The molecule has 0 radical (unpaired) electrons. The predicted octanol–water partition coefficient (Wildman–Crippen LogP) is 2.99. The average molecular weight is 238 g/mol. The topological polar surface area (TPSA) is 34.1 Å². The minimum absolute atomic E-state index is 0.199. The van der Waals surface area contributed by atoms with E-state index in [1.54, 1.807) is 18.2 Å². The SMILES string of the molecule is C=CCCCS(=O)(=O)c1ccc(CC)cc1. The van der Waals surface area contributed by atoms with Crippen molar-refractivity contribution in [2.45, 2.75) is 31.1 Å². The summed E-state index contributed by atoms with van der Waals surface area (Å²) in [6.45, 7) is 5.63. The summed E-state index contributed by atoms with van der Waals surface area (Å²) < 4.78 is 23.7. The van der Waals surface area contributed by atoms with Gasteiger partial charge in [0, 0.05) is 0 Å². The van der Waals surface area contributed by atoms with Crippen molar-refractivity contribution < 1.29 is 8.42 Å². The lowest BCUT2D eigenvalue weighted by molar-refractivity contribution is 0.593. The maximum Gasteiger partial charge on any atom is 0.178 e. The monoisotopic (exact) mass is 238 g/mol. The van der Waals surface area contributed by atoms with E-state index in [0.717, 1.165) is 18.4 Å². The molecule has 0 N–H and O–H groups in total. The lowest BCUT2D eigenvalue weighted by atomic mass is 10.2. The summed E-state index contributed by atoms with van der Waals surface area (Å²) in [6, 6.07) is 7.14. The van der Waals surface area contributed by atoms with Crippen molar-refractivity contribution in [3.05, 3.63) is 42.5 Å². The van der Waals surface area contributed by atoms with Gasteiger partial charge in [0.15, 0.2) is 9.84 Å². The summed E-state index contributed by atoms with van der Waals surface area (Å²) in [5, 5.41) is 0. The number of rotatable bonds is 6. The van der Waals surface area contributed by atoms with Crippen LogP contribution in [0.4, 0.5) is 0 Å². The minimum atomic E-state index is -3.11. The van der Waals surface area contributed by atoms with E-state index in [2.05, 4.69) is 6.58 Å². The van der Waals surface area contributed by atoms with Gasteiger partial charge in [-0.1, -0.05) is 25.1 Å². The van der Waals surface area contributed by atoms with Crippen LogP contribution in [0.15, 0.2) is 41.8 Å².